The third kappa shape index (κ3) is 4.77. The standard InChI is InChI=1S/C23H28N4/c1-3-7-19(8-4-1)17-25-23(20-9-5-2-6-10-20)26-21-11-13-22(14-12-21)27-16-15-24-18-27/h1,3-4,7-8,11-16,18,20,23,25-26H,2,5-6,9-10,17H2. The molecule has 1 aliphatic rings. The van der Waals surface area contributed by atoms with Crippen LogP contribution in [0.5, 0.6) is 0 Å². The SMILES string of the molecule is c1ccc(CNC(Nc2ccc(-n3ccnc3)cc2)C2CCCCC2)cc1. The van der Waals surface area contributed by atoms with Crippen molar-refractivity contribution in [2.45, 2.75) is 44.8 Å². The number of aromatic nitrogens is 2. The van der Waals surface area contributed by atoms with Gasteiger partial charge in [0.25, 0.3) is 0 Å². The summed E-state index contributed by atoms with van der Waals surface area (Å²) in [4.78, 5) is 4.12. The molecule has 4 heteroatoms. The first-order valence-electron chi connectivity index (χ1n) is 10.0. The molecule has 0 spiro atoms. The third-order valence-electron chi connectivity index (χ3n) is 5.48. The number of benzene rings is 2. The Hall–Kier alpha value is -2.59. The highest BCUT2D eigenvalue weighted by Crippen LogP contribution is 2.27. The maximum atomic E-state index is 4.12. The van der Waals surface area contributed by atoms with E-state index < -0.39 is 0 Å². The minimum atomic E-state index is 0.296. The van der Waals surface area contributed by atoms with Gasteiger partial charge in [-0.3, -0.25) is 5.32 Å². The van der Waals surface area contributed by atoms with E-state index in [9.17, 15) is 0 Å². The van der Waals surface area contributed by atoms with Crippen LogP contribution in [-0.2, 0) is 6.54 Å². The predicted octanol–water partition coefficient (Wildman–Crippen LogP) is 4.98. The number of rotatable bonds is 7. The van der Waals surface area contributed by atoms with Crippen LogP contribution in [0.15, 0.2) is 73.3 Å². The van der Waals surface area contributed by atoms with E-state index in [4.69, 9.17) is 0 Å². The van der Waals surface area contributed by atoms with Gasteiger partial charge < -0.3 is 9.88 Å². The van der Waals surface area contributed by atoms with E-state index in [0.29, 0.717) is 12.1 Å². The molecule has 1 fully saturated rings. The van der Waals surface area contributed by atoms with Crippen LogP contribution in [0.25, 0.3) is 5.69 Å². The Morgan fingerprint density at radius 1 is 0.963 bits per heavy atom. The molecule has 27 heavy (non-hydrogen) atoms. The van der Waals surface area contributed by atoms with Crippen molar-refractivity contribution in [1.29, 1.82) is 0 Å². The summed E-state index contributed by atoms with van der Waals surface area (Å²) >= 11 is 0. The van der Waals surface area contributed by atoms with Crippen LogP contribution in [0, 0.1) is 5.92 Å². The van der Waals surface area contributed by atoms with Crippen molar-refractivity contribution in [1.82, 2.24) is 14.9 Å². The van der Waals surface area contributed by atoms with Crippen molar-refractivity contribution in [3.63, 3.8) is 0 Å². The maximum absolute atomic E-state index is 4.12. The van der Waals surface area contributed by atoms with E-state index in [1.54, 1.807) is 6.20 Å². The van der Waals surface area contributed by atoms with Crippen molar-refractivity contribution in [2.75, 3.05) is 5.32 Å². The van der Waals surface area contributed by atoms with Gasteiger partial charge in [-0.15, -0.1) is 0 Å². The Balaban J connectivity index is 1.44. The number of anilines is 1. The average Bonchev–Trinajstić information content (AvgIpc) is 3.28. The molecule has 0 radical (unpaired) electrons. The fourth-order valence-corrected chi connectivity index (χ4v) is 3.95. The second kappa shape index (κ2) is 8.87. The third-order valence-corrected chi connectivity index (χ3v) is 5.48. The molecule has 0 bridgehead atoms. The summed E-state index contributed by atoms with van der Waals surface area (Å²) in [6.45, 7) is 0.891. The second-order valence-electron chi connectivity index (χ2n) is 7.40. The van der Waals surface area contributed by atoms with Gasteiger partial charge in [0.15, 0.2) is 0 Å². The first kappa shape index (κ1) is 17.8. The summed E-state index contributed by atoms with van der Waals surface area (Å²) in [5.41, 5.74) is 3.62. The summed E-state index contributed by atoms with van der Waals surface area (Å²) < 4.78 is 2.02. The summed E-state index contributed by atoms with van der Waals surface area (Å²) in [5, 5.41) is 7.53. The van der Waals surface area contributed by atoms with Gasteiger partial charge >= 0.3 is 0 Å². The van der Waals surface area contributed by atoms with Crippen LogP contribution in [0.3, 0.4) is 0 Å². The van der Waals surface area contributed by atoms with Crippen molar-refractivity contribution in [3.05, 3.63) is 78.9 Å². The van der Waals surface area contributed by atoms with Crippen LogP contribution in [0.4, 0.5) is 5.69 Å². The summed E-state index contributed by atoms with van der Waals surface area (Å²) in [6, 6.07) is 19.3. The molecule has 2 N–H and O–H groups in total. The lowest BCUT2D eigenvalue weighted by molar-refractivity contribution is 0.286. The Kier molecular flexibility index (Phi) is 5.85. The van der Waals surface area contributed by atoms with Gasteiger partial charge in [0, 0.05) is 30.3 Å². The van der Waals surface area contributed by atoms with E-state index in [2.05, 4.69) is 70.2 Å². The van der Waals surface area contributed by atoms with E-state index in [-0.39, 0.29) is 0 Å². The normalized spacial score (nSPS) is 16.1. The highest BCUT2D eigenvalue weighted by molar-refractivity contribution is 5.49. The Morgan fingerprint density at radius 2 is 1.74 bits per heavy atom. The molecule has 2 aromatic carbocycles. The number of imidazole rings is 1. The van der Waals surface area contributed by atoms with E-state index in [1.807, 2.05) is 17.1 Å². The van der Waals surface area contributed by atoms with Gasteiger partial charge in [0.2, 0.25) is 0 Å². The van der Waals surface area contributed by atoms with Crippen LogP contribution >= 0.6 is 0 Å². The molecular formula is C23H28N4. The lowest BCUT2D eigenvalue weighted by atomic mass is 9.86. The minimum Gasteiger partial charge on any atom is -0.370 e. The highest BCUT2D eigenvalue weighted by atomic mass is 15.1. The van der Waals surface area contributed by atoms with Crippen molar-refractivity contribution >= 4 is 5.69 Å². The zero-order chi connectivity index (χ0) is 18.3. The molecule has 1 atom stereocenters. The highest BCUT2D eigenvalue weighted by Gasteiger charge is 2.23. The van der Waals surface area contributed by atoms with E-state index in [0.717, 1.165) is 17.9 Å². The van der Waals surface area contributed by atoms with Gasteiger partial charge in [0.05, 0.1) is 12.5 Å². The quantitative estimate of drug-likeness (QED) is 0.584. The van der Waals surface area contributed by atoms with Gasteiger partial charge in [0.1, 0.15) is 0 Å². The van der Waals surface area contributed by atoms with E-state index in [1.165, 1.54) is 37.7 Å². The molecule has 1 saturated carbocycles. The molecule has 4 rings (SSSR count). The Labute approximate surface area is 161 Å². The summed E-state index contributed by atoms with van der Waals surface area (Å²) in [5.74, 6) is 0.677. The molecule has 1 aromatic heterocycles. The number of hydrogen-bond donors (Lipinski definition) is 2. The molecule has 0 aliphatic heterocycles. The van der Waals surface area contributed by atoms with Gasteiger partial charge in [-0.25, -0.2) is 4.98 Å². The molecule has 140 valence electrons. The van der Waals surface area contributed by atoms with Gasteiger partial charge in [-0.05, 0) is 48.6 Å². The monoisotopic (exact) mass is 360 g/mol. The summed E-state index contributed by atoms with van der Waals surface area (Å²) in [7, 11) is 0. The summed E-state index contributed by atoms with van der Waals surface area (Å²) in [6.07, 6.45) is 12.6. The molecule has 1 aliphatic carbocycles. The number of hydrogen-bond acceptors (Lipinski definition) is 3. The van der Waals surface area contributed by atoms with Gasteiger partial charge in [-0.1, -0.05) is 49.6 Å². The molecular weight excluding hydrogens is 332 g/mol. The predicted molar refractivity (Wildman–Crippen MR) is 111 cm³/mol. The van der Waals surface area contributed by atoms with Crippen molar-refractivity contribution in [3.8, 4) is 5.69 Å². The zero-order valence-electron chi connectivity index (χ0n) is 15.7. The lowest BCUT2D eigenvalue weighted by Gasteiger charge is -2.32. The maximum Gasteiger partial charge on any atom is 0.0991 e. The minimum absolute atomic E-state index is 0.296. The molecule has 3 aromatic rings. The van der Waals surface area contributed by atoms with Gasteiger partial charge in [-0.2, -0.15) is 0 Å². The Bertz CT molecular complexity index is 790. The van der Waals surface area contributed by atoms with Crippen molar-refractivity contribution < 1.29 is 0 Å². The molecule has 0 saturated heterocycles. The van der Waals surface area contributed by atoms with Crippen LogP contribution in [0.1, 0.15) is 37.7 Å². The lowest BCUT2D eigenvalue weighted by Crippen LogP contribution is -2.43. The largest absolute Gasteiger partial charge is 0.370 e. The average molecular weight is 361 g/mol. The molecule has 0 amide bonds. The molecule has 1 unspecified atom stereocenters. The van der Waals surface area contributed by atoms with Crippen LogP contribution in [-0.4, -0.2) is 15.7 Å². The van der Waals surface area contributed by atoms with Crippen LogP contribution < -0.4 is 10.6 Å². The topological polar surface area (TPSA) is 41.9 Å². The van der Waals surface area contributed by atoms with Crippen LogP contribution in [0.2, 0.25) is 0 Å². The number of nitrogens with zero attached hydrogens (tertiary/aromatic N) is 2. The number of nitrogens with one attached hydrogen (secondary N) is 2. The molecule has 1 heterocycles. The zero-order valence-corrected chi connectivity index (χ0v) is 15.7. The van der Waals surface area contributed by atoms with E-state index >= 15 is 0 Å². The second-order valence-corrected chi connectivity index (χ2v) is 7.40. The fourth-order valence-electron chi connectivity index (χ4n) is 3.95. The fraction of sp³-hybridized carbons (Fsp3) is 0.348. The first-order chi connectivity index (χ1) is 13.4. The molecule has 4 nitrogen and oxygen atoms in total. The first-order valence-corrected chi connectivity index (χ1v) is 10.0. The Morgan fingerprint density at radius 3 is 2.44 bits per heavy atom. The van der Waals surface area contributed by atoms with Crippen molar-refractivity contribution in [2.24, 2.45) is 5.92 Å². The smallest absolute Gasteiger partial charge is 0.0991 e.